The van der Waals surface area contributed by atoms with Gasteiger partial charge in [-0.15, -0.1) is 0 Å². The standard InChI is InChI=1S/2H3N.3Na.H3O4P.H2O4S/c;;;;;2*1-5(2,3)4/h2*1H3;;;;(H3,1,2,3,4);(H2,1,2,3,4)/q;;3*+1;;/p-3. The molecule has 15 heavy (non-hydrogen) atoms. The first-order valence-corrected chi connectivity index (χ1v) is 4.29. The first kappa shape index (κ1) is 43.0. The average Bonchev–Trinajstić information content (AvgIpc) is 1.12. The molecule has 15 heteroatoms. The van der Waals surface area contributed by atoms with Gasteiger partial charge in [-0.05, 0) is 0 Å². The molecule has 0 aliphatic heterocycles. The van der Waals surface area contributed by atoms with Crippen molar-refractivity contribution in [2.24, 2.45) is 0 Å². The SMILES string of the molecule is N.N.O=P([O-])([O-])[O-].O=S(=O)(O)O.[Na+].[Na+].[Na+]. The van der Waals surface area contributed by atoms with Gasteiger partial charge in [0.25, 0.3) is 0 Å². The van der Waals surface area contributed by atoms with Gasteiger partial charge < -0.3 is 31.5 Å². The van der Waals surface area contributed by atoms with Crippen LogP contribution in [0.4, 0.5) is 0 Å². The Morgan fingerprint density at radius 2 is 0.867 bits per heavy atom. The van der Waals surface area contributed by atoms with Gasteiger partial charge >= 0.3 is 99.1 Å². The molecule has 0 spiro atoms. The van der Waals surface area contributed by atoms with Gasteiger partial charge in [0.2, 0.25) is 0 Å². The Kier molecular flexibility index (Phi) is 55.2. The Morgan fingerprint density at radius 3 is 0.867 bits per heavy atom. The largest absolute Gasteiger partial charge is 1.00 e. The van der Waals surface area contributed by atoms with Gasteiger partial charge in [0.15, 0.2) is 0 Å². The van der Waals surface area contributed by atoms with Crippen LogP contribution >= 0.6 is 7.82 Å². The molecule has 0 rings (SSSR count). The summed E-state index contributed by atoms with van der Waals surface area (Å²) < 4.78 is 40.1. The Bertz CT molecular complexity index is 206. The van der Waals surface area contributed by atoms with Gasteiger partial charge in [0.05, 0.1) is 0 Å². The molecule has 0 saturated heterocycles. The van der Waals surface area contributed by atoms with Crippen molar-refractivity contribution in [3.8, 4) is 0 Å². The van der Waals surface area contributed by atoms with Crippen LogP contribution in [-0.4, -0.2) is 17.5 Å². The molecule has 0 aromatic carbocycles. The molecule has 10 nitrogen and oxygen atoms in total. The molecule has 0 fully saturated rings. The third kappa shape index (κ3) is 446. The van der Waals surface area contributed by atoms with E-state index < -0.39 is 18.2 Å². The van der Waals surface area contributed by atoms with Crippen molar-refractivity contribution in [2.45, 2.75) is 0 Å². The fraction of sp³-hybridized carbons (Fsp3) is 0. The summed E-state index contributed by atoms with van der Waals surface area (Å²) in [4.78, 5) is 25.6. The summed E-state index contributed by atoms with van der Waals surface area (Å²) in [7, 11) is -10.1. The normalized spacial score (nSPS) is 7.80. The van der Waals surface area contributed by atoms with Gasteiger partial charge in [-0.2, -0.15) is 16.2 Å². The molecule has 8 N–H and O–H groups in total. The molecular weight excluding hydrogens is 288 g/mol. The van der Waals surface area contributed by atoms with E-state index in [1.165, 1.54) is 0 Å². The van der Waals surface area contributed by atoms with Crippen molar-refractivity contribution in [1.82, 2.24) is 12.3 Å². The Labute approximate surface area is 153 Å². The van der Waals surface area contributed by atoms with Crippen LogP contribution in [0.5, 0.6) is 0 Å². The summed E-state index contributed by atoms with van der Waals surface area (Å²) in [5, 5.41) is 0. The molecule has 0 bridgehead atoms. The molecule has 0 saturated carbocycles. The van der Waals surface area contributed by atoms with E-state index in [2.05, 4.69) is 0 Å². The van der Waals surface area contributed by atoms with Gasteiger partial charge in [0, 0.05) is 0 Å². The molecular formula is H8N2Na3O8PS. The third-order valence-corrected chi connectivity index (χ3v) is 0. The van der Waals surface area contributed by atoms with E-state index in [9.17, 15) is 0 Å². The smallest absolute Gasteiger partial charge is 0.822 e. The minimum absolute atomic E-state index is 0. The summed E-state index contributed by atoms with van der Waals surface area (Å²) in [5.74, 6) is 0. The topological polar surface area (TPSA) is 231 Å². The van der Waals surface area contributed by atoms with Crippen LogP contribution in [0, 0.1) is 0 Å². The second kappa shape index (κ2) is 19.2. The van der Waals surface area contributed by atoms with Crippen molar-refractivity contribution in [1.29, 1.82) is 0 Å². The number of phosphoric acid groups is 1. The summed E-state index contributed by atoms with van der Waals surface area (Å²) in [6.45, 7) is 0. The van der Waals surface area contributed by atoms with E-state index in [1.807, 2.05) is 0 Å². The van der Waals surface area contributed by atoms with Crippen molar-refractivity contribution < 1.29 is 125 Å². The fourth-order valence-corrected chi connectivity index (χ4v) is 0. The molecule has 0 radical (unpaired) electrons. The van der Waals surface area contributed by atoms with E-state index in [4.69, 9.17) is 36.8 Å². The first-order valence-electron chi connectivity index (χ1n) is 1.43. The zero-order valence-corrected chi connectivity index (χ0v) is 16.3. The Hall–Kier alpha value is 2.90. The third-order valence-electron chi connectivity index (χ3n) is 0. The summed E-state index contributed by atoms with van der Waals surface area (Å²) in [5.41, 5.74) is 0. The number of rotatable bonds is 0. The maximum Gasteiger partial charge on any atom is 1.00 e. The minimum Gasteiger partial charge on any atom is -0.822 e. The van der Waals surface area contributed by atoms with E-state index in [0.717, 1.165) is 0 Å². The molecule has 0 aliphatic carbocycles. The minimum atomic E-state index is -5.39. The second-order valence-electron chi connectivity index (χ2n) is 0.895. The maximum atomic E-state index is 8.74. The molecule has 80 valence electrons. The van der Waals surface area contributed by atoms with Crippen LogP contribution in [0.1, 0.15) is 0 Å². The zero-order valence-electron chi connectivity index (χ0n) is 8.61. The van der Waals surface area contributed by atoms with Crippen molar-refractivity contribution >= 4 is 18.2 Å². The van der Waals surface area contributed by atoms with Crippen molar-refractivity contribution in [3.63, 3.8) is 0 Å². The molecule has 0 amide bonds. The quantitative estimate of drug-likeness (QED) is 0.187. The molecule has 0 aromatic heterocycles. The fourth-order valence-electron chi connectivity index (χ4n) is 0. The van der Waals surface area contributed by atoms with Crippen LogP contribution in [0.2, 0.25) is 0 Å². The van der Waals surface area contributed by atoms with Crippen LogP contribution in [-0.2, 0) is 15.0 Å². The van der Waals surface area contributed by atoms with Gasteiger partial charge in [-0.25, -0.2) is 0 Å². The summed E-state index contributed by atoms with van der Waals surface area (Å²) in [6.07, 6.45) is 0. The molecule has 0 unspecified atom stereocenters. The van der Waals surface area contributed by atoms with Gasteiger partial charge in [-0.1, -0.05) is 0 Å². The van der Waals surface area contributed by atoms with Crippen LogP contribution in [0.15, 0.2) is 0 Å². The molecule has 0 aliphatic rings. The monoisotopic (exact) mass is 296 g/mol. The van der Waals surface area contributed by atoms with E-state index >= 15 is 0 Å². The molecule has 0 atom stereocenters. The van der Waals surface area contributed by atoms with Crippen molar-refractivity contribution in [2.75, 3.05) is 0 Å². The second-order valence-corrected chi connectivity index (χ2v) is 2.69. The van der Waals surface area contributed by atoms with Gasteiger partial charge in [-0.3, -0.25) is 9.11 Å². The van der Waals surface area contributed by atoms with E-state index in [1.54, 1.807) is 0 Å². The molecule has 0 aromatic rings. The van der Waals surface area contributed by atoms with Gasteiger partial charge in [0.1, 0.15) is 0 Å². The maximum absolute atomic E-state index is 8.74. The Morgan fingerprint density at radius 1 is 0.867 bits per heavy atom. The average molecular weight is 296 g/mol. The van der Waals surface area contributed by atoms with Crippen LogP contribution in [0.25, 0.3) is 0 Å². The van der Waals surface area contributed by atoms with Crippen molar-refractivity contribution in [3.05, 3.63) is 0 Å². The molecule has 0 heterocycles. The van der Waals surface area contributed by atoms with E-state index in [0.29, 0.717) is 0 Å². The van der Waals surface area contributed by atoms with Crippen LogP contribution in [0.3, 0.4) is 0 Å². The first-order chi connectivity index (χ1) is 4.00. The zero-order chi connectivity index (χ0) is 9.00. The predicted molar refractivity (Wildman–Crippen MR) is 31.8 cm³/mol. The van der Waals surface area contributed by atoms with E-state index in [-0.39, 0.29) is 101 Å². The number of hydrogen-bond donors (Lipinski definition) is 4. The number of hydrogen-bond acceptors (Lipinski definition) is 8. The summed E-state index contributed by atoms with van der Waals surface area (Å²) in [6, 6.07) is 0. The summed E-state index contributed by atoms with van der Waals surface area (Å²) >= 11 is 0. The van der Waals surface area contributed by atoms with Crippen LogP contribution < -0.4 is 116 Å². The Balaban J connectivity index is -0.0000000128. The predicted octanol–water partition coefficient (Wildman–Crippen LogP) is -12.1.